The molecule has 0 radical (unpaired) electrons. The van der Waals surface area contributed by atoms with Crippen LogP contribution in [-0.4, -0.2) is 29.7 Å². The van der Waals surface area contributed by atoms with Crippen LogP contribution in [0.5, 0.6) is 0 Å². The second-order valence-corrected chi connectivity index (χ2v) is 5.57. The van der Waals surface area contributed by atoms with Gasteiger partial charge >= 0.3 is 5.97 Å². The Morgan fingerprint density at radius 1 is 1.22 bits per heavy atom. The van der Waals surface area contributed by atoms with Crippen LogP contribution in [0.2, 0.25) is 0 Å². The van der Waals surface area contributed by atoms with E-state index in [2.05, 4.69) is 9.73 Å². The van der Waals surface area contributed by atoms with Crippen LogP contribution in [0.1, 0.15) is 37.7 Å². The molecule has 2 rings (SSSR count). The lowest BCUT2D eigenvalue weighted by Gasteiger charge is -2.17. The van der Waals surface area contributed by atoms with Crippen molar-refractivity contribution < 1.29 is 19.4 Å². The molecule has 0 heterocycles. The van der Waals surface area contributed by atoms with Gasteiger partial charge in [-0.3, -0.25) is 14.6 Å². The van der Waals surface area contributed by atoms with Crippen LogP contribution in [0.4, 0.5) is 5.69 Å². The number of methoxy groups -OCH3 is 1. The standard InChI is InChI=1S/C18H21NO4/c1-12-6-8-13(9-7-12)19-14-4-3-5-15(20)18(14)16(21)10-11-17(22)23-2/h6-9,21H,3-5,10-11H2,1-2H3. The average molecular weight is 315 g/mol. The van der Waals surface area contributed by atoms with Crippen LogP contribution in [0.3, 0.4) is 0 Å². The summed E-state index contributed by atoms with van der Waals surface area (Å²) in [4.78, 5) is 27.9. The third kappa shape index (κ3) is 4.52. The minimum Gasteiger partial charge on any atom is -0.511 e. The lowest BCUT2D eigenvalue weighted by atomic mass is 9.89. The first kappa shape index (κ1) is 16.9. The molecule has 5 nitrogen and oxygen atoms in total. The Labute approximate surface area is 135 Å². The molecule has 122 valence electrons. The van der Waals surface area contributed by atoms with E-state index in [1.54, 1.807) is 0 Å². The van der Waals surface area contributed by atoms with Gasteiger partial charge in [-0.05, 0) is 31.9 Å². The predicted octanol–water partition coefficient (Wildman–Crippen LogP) is 3.59. The molecule has 0 spiro atoms. The van der Waals surface area contributed by atoms with Crippen molar-refractivity contribution in [3.8, 4) is 0 Å². The lowest BCUT2D eigenvalue weighted by molar-refractivity contribution is -0.140. The van der Waals surface area contributed by atoms with Gasteiger partial charge in [-0.2, -0.15) is 0 Å². The molecule has 0 aromatic heterocycles. The Balaban J connectivity index is 2.29. The largest absolute Gasteiger partial charge is 0.511 e. The van der Waals surface area contributed by atoms with E-state index in [0.717, 1.165) is 17.7 Å². The van der Waals surface area contributed by atoms with Gasteiger partial charge in [0, 0.05) is 12.8 Å². The van der Waals surface area contributed by atoms with Gasteiger partial charge in [0.25, 0.3) is 0 Å². The fraction of sp³-hybridized carbons (Fsp3) is 0.389. The van der Waals surface area contributed by atoms with Crippen LogP contribution >= 0.6 is 0 Å². The maximum Gasteiger partial charge on any atom is 0.305 e. The molecule has 0 atom stereocenters. The normalized spacial score (nSPS) is 18.9. The van der Waals surface area contributed by atoms with Crippen LogP contribution in [-0.2, 0) is 14.3 Å². The fourth-order valence-corrected chi connectivity index (χ4v) is 2.49. The van der Waals surface area contributed by atoms with Crippen molar-refractivity contribution in [1.82, 2.24) is 0 Å². The zero-order valence-electron chi connectivity index (χ0n) is 13.5. The molecule has 0 amide bonds. The van der Waals surface area contributed by atoms with Crippen molar-refractivity contribution in [2.45, 2.75) is 39.0 Å². The minimum atomic E-state index is -0.419. The van der Waals surface area contributed by atoms with E-state index < -0.39 is 5.97 Å². The quantitative estimate of drug-likeness (QED) is 0.523. The highest BCUT2D eigenvalue weighted by Gasteiger charge is 2.25. The van der Waals surface area contributed by atoms with E-state index in [1.165, 1.54) is 7.11 Å². The molecule has 1 aliphatic carbocycles. The number of allylic oxidation sites excluding steroid dienone is 2. The number of nitrogens with zero attached hydrogens (tertiary/aromatic N) is 1. The molecule has 1 aromatic rings. The van der Waals surface area contributed by atoms with Gasteiger partial charge in [0.15, 0.2) is 5.78 Å². The van der Waals surface area contributed by atoms with E-state index >= 15 is 0 Å². The maximum atomic E-state index is 12.2. The number of ketones is 1. The summed E-state index contributed by atoms with van der Waals surface area (Å²) in [5.41, 5.74) is 2.73. The van der Waals surface area contributed by atoms with E-state index in [1.807, 2.05) is 31.2 Å². The molecule has 1 fully saturated rings. The van der Waals surface area contributed by atoms with Crippen LogP contribution < -0.4 is 0 Å². The number of esters is 1. The molecule has 1 N–H and O–H groups in total. The van der Waals surface area contributed by atoms with Crippen LogP contribution in [0.25, 0.3) is 0 Å². The summed E-state index contributed by atoms with van der Waals surface area (Å²) in [5.74, 6) is -0.618. The highest BCUT2D eigenvalue weighted by Crippen LogP contribution is 2.25. The summed E-state index contributed by atoms with van der Waals surface area (Å²) in [6, 6.07) is 7.66. The van der Waals surface area contributed by atoms with Gasteiger partial charge in [0.2, 0.25) is 0 Å². The first-order chi connectivity index (χ1) is 11.0. The summed E-state index contributed by atoms with van der Waals surface area (Å²) in [6.07, 6.45) is 1.87. The van der Waals surface area contributed by atoms with Crippen molar-refractivity contribution in [3.05, 3.63) is 41.2 Å². The van der Waals surface area contributed by atoms with Gasteiger partial charge in [-0.1, -0.05) is 17.7 Å². The van der Waals surface area contributed by atoms with Crippen LogP contribution in [0, 0.1) is 6.92 Å². The topological polar surface area (TPSA) is 76.0 Å². The monoisotopic (exact) mass is 315 g/mol. The number of aliphatic hydroxyl groups excluding tert-OH is 1. The number of hydrogen-bond donors (Lipinski definition) is 1. The van der Waals surface area contributed by atoms with Crippen molar-refractivity contribution in [2.24, 2.45) is 4.99 Å². The van der Waals surface area contributed by atoms with Crippen LogP contribution in [0.15, 0.2) is 40.6 Å². The molecule has 0 aliphatic heterocycles. The zero-order valence-corrected chi connectivity index (χ0v) is 13.5. The Hall–Kier alpha value is -2.43. The van der Waals surface area contributed by atoms with E-state index in [-0.39, 0.29) is 30.0 Å². The lowest BCUT2D eigenvalue weighted by Crippen LogP contribution is -2.21. The number of aryl methyl sites for hydroxylation is 1. The summed E-state index contributed by atoms with van der Waals surface area (Å²) >= 11 is 0. The van der Waals surface area contributed by atoms with Crippen molar-refractivity contribution in [2.75, 3.05) is 7.11 Å². The van der Waals surface area contributed by atoms with Crippen molar-refractivity contribution >= 4 is 23.2 Å². The second kappa shape index (κ2) is 7.72. The van der Waals surface area contributed by atoms with E-state index in [9.17, 15) is 14.7 Å². The number of carbonyl (C=O) groups excluding carboxylic acids is 2. The number of rotatable bonds is 4. The average Bonchev–Trinajstić information content (AvgIpc) is 2.54. The molecule has 5 heteroatoms. The smallest absolute Gasteiger partial charge is 0.305 e. The predicted molar refractivity (Wildman–Crippen MR) is 88.0 cm³/mol. The van der Waals surface area contributed by atoms with E-state index in [0.29, 0.717) is 18.6 Å². The van der Waals surface area contributed by atoms with Gasteiger partial charge in [-0.15, -0.1) is 0 Å². The Morgan fingerprint density at radius 3 is 2.57 bits per heavy atom. The number of Topliss-reactive ketones (excluding diaryl/α,β-unsaturated/α-hetero) is 1. The Bertz CT molecular complexity index is 656. The molecule has 0 unspecified atom stereocenters. The number of aliphatic hydroxyl groups is 1. The number of hydrogen-bond acceptors (Lipinski definition) is 5. The van der Waals surface area contributed by atoms with Gasteiger partial charge in [0.1, 0.15) is 5.76 Å². The molecule has 1 aliphatic rings. The van der Waals surface area contributed by atoms with Gasteiger partial charge in [0.05, 0.1) is 30.5 Å². The molecule has 1 saturated carbocycles. The summed E-state index contributed by atoms with van der Waals surface area (Å²) in [6.45, 7) is 1.99. The summed E-state index contributed by atoms with van der Waals surface area (Å²) in [7, 11) is 1.29. The number of benzene rings is 1. The third-order valence-corrected chi connectivity index (χ3v) is 3.77. The highest BCUT2D eigenvalue weighted by molar-refractivity contribution is 6.24. The number of ether oxygens (including phenoxy) is 1. The SMILES string of the molecule is COC(=O)CCC(O)=C1C(=O)CCCC1=Nc1ccc(C)cc1. The molecular formula is C18H21NO4. The molecule has 0 bridgehead atoms. The highest BCUT2D eigenvalue weighted by atomic mass is 16.5. The van der Waals surface area contributed by atoms with Gasteiger partial charge < -0.3 is 9.84 Å². The zero-order chi connectivity index (χ0) is 16.8. The van der Waals surface area contributed by atoms with Crippen molar-refractivity contribution in [1.29, 1.82) is 0 Å². The van der Waals surface area contributed by atoms with Crippen molar-refractivity contribution in [3.63, 3.8) is 0 Å². The summed E-state index contributed by atoms with van der Waals surface area (Å²) < 4.78 is 4.56. The molecule has 0 saturated heterocycles. The first-order valence-corrected chi connectivity index (χ1v) is 7.68. The Kier molecular flexibility index (Phi) is 5.68. The van der Waals surface area contributed by atoms with E-state index in [4.69, 9.17) is 0 Å². The molecular weight excluding hydrogens is 294 g/mol. The second-order valence-electron chi connectivity index (χ2n) is 5.57. The third-order valence-electron chi connectivity index (χ3n) is 3.77. The van der Waals surface area contributed by atoms with Gasteiger partial charge in [-0.25, -0.2) is 0 Å². The summed E-state index contributed by atoms with van der Waals surface area (Å²) in [5, 5.41) is 10.3. The fourth-order valence-electron chi connectivity index (χ4n) is 2.49. The minimum absolute atomic E-state index is 0.0386. The Morgan fingerprint density at radius 2 is 1.91 bits per heavy atom. The molecule has 1 aromatic carbocycles. The first-order valence-electron chi connectivity index (χ1n) is 7.68. The number of carbonyl (C=O) groups is 2. The maximum absolute atomic E-state index is 12.2. The molecule has 23 heavy (non-hydrogen) atoms. The number of aliphatic imine (C=N–C) groups is 1.